The Morgan fingerprint density at radius 3 is 2.66 bits per heavy atom. The highest BCUT2D eigenvalue weighted by atomic mass is 16.5. The molecule has 1 fully saturated rings. The van der Waals surface area contributed by atoms with Crippen molar-refractivity contribution >= 4 is 29.1 Å². The van der Waals surface area contributed by atoms with Crippen LogP contribution in [0.2, 0.25) is 0 Å². The molecule has 1 saturated heterocycles. The number of hydrogen-bond donors (Lipinski definition) is 3. The van der Waals surface area contributed by atoms with Crippen LogP contribution in [-0.2, 0) is 9.53 Å². The third kappa shape index (κ3) is 6.51. The molecule has 1 aromatic carbocycles. The van der Waals surface area contributed by atoms with Crippen molar-refractivity contribution in [2.24, 2.45) is 0 Å². The zero-order valence-corrected chi connectivity index (χ0v) is 16.7. The van der Waals surface area contributed by atoms with E-state index >= 15 is 0 Å². The predicted molar refractivity (Wildman–Crippen MR) is 110 cm³/mol. The number of hydrogen-bond acceptors (Lipinski definition) is 7. The van der Waals surface area contributed by atoms with Crippen molar-refractivity contribution in [1.82, 2.24) is 20.2 Å². The fraction of sp³-hybridized carbons (Fsp3) is 0.400. The monoisotopic (exact) mass is 398 g/mol. The van der Waals surface area contributed by atoms with Crippen LogP contribution in [0.25, 0.3) is 0 Å². The molecule has 154 valence electrons. The van der Waals surface area contributed by atoms with E-state index in [-0.39, 0.29) is 11.8 Å². The molecular weight excluding hydrogens is 372 g/mol. The number of nitrogens with one attached hydrogen (secondary N) is 3. The summed E-state index contributed by atoms with van der Waals surface area (Å²) in [6, 6.07) is 8.86. The van der Waals surface area contributed by atoms with Gasteiger partial charge in [0, 0.05) is 50.2 Å². The lowest BCUT2D eigenvalue weighted by Gasteiger charge is -2.26. The number of morpholine rings is 1. The molecule has 1 aliphatic heterocycles. The lowest BCUT2D eigenvalue weighted by atomic mass is 10.2. The van der Waals surface area contributed by atoms with Crippen molar-refractivity contribution in [2.45, 2.75) is 13.8 Å². The molecule has 1 aromatic heterocycles. The third-order valence-corrected chi connectivity index (χ3v) is 4.34. The first-order valence-corrected chi connectivity index (χ1v) is 9.58. The van der Waals surface area contributed by atoms with Crippen LogP contribution >= 0.6 is 0 Å². The van der Waals surface area contributed by atoms with Crippen molar-refractivity contribution in [2.75, 3.05) is 50.0 Å². The van der Waals surface area contributed by atoms with Crippen LogP contribution in [-0.4, -0.2) is 66.1 Å². The van der Waals surface area contributed by atoms with E-state index in [4.69, 9.17) is 4.74 Å². The van der Waals surface area contributed by atoms with Crippen LogP contribution in [0, 0.1) is 6.92 Å². The van der Waals surface area contributed by atoms with Crippen molar-refractivity contribution in [3.63, 3.8) is 0 Å². The summed E-state index contributed by atoms with van der Waals surface area (Å²) in [5.74, 6) is -0.0629. The Kier molecular flexibility index (Phi) is 7.09. The van der Waals surface area contributed by atoms with Gasteiger partial charge in [0.15, 0.2) is 0 Å². The van der Waals surface area contributed by atoms with Gasteiger partial charge in [-0.1, -0.05) is 6.07 Å². The number of ether oxygens (including phenoxy) is 1. The number of aryl methyl sites for hydroxylation is 1. The number of carbonyl (C=O) groups excluding carboxylic acids is 2. The third-order valence-electron chi connectivity index (χ3n) is 4.34. The van der Waals surface area contributed by atoms with Gasteiger partial charge in [-0.25, -0.2) is 9.97 Å². The average Bonchev–Trinajstić information content (AvgIpc) is 2.68. The molecule has 9 heteroatoms. The highest BCUT2D eigenvalue weighted by Crippen LogP contribution is 2.18. The Balaban J connectivity index is 1.61. The zero-order chi connectivity index (χ0) is 20.6. The van der Waals surface area contributed by atoms with E-state index in [2.05, 4.69) is 30.8 Å². The van der Waals surface area contributed by atoms with Gasteiger partial charge in [-0.3, -0.25) is 14.5 Å². The summed E-state index contributed by atoms with van der Waals surface area (Å²) in [7, 11) is 0. The van der Waals surface area contributed by atoms with Crippen LogP contribution < -0.4 is 16.0 Å². The molecule has 0 unspecified atom stereocenters. The largest absolute Gasteiger partial charge is 0.379 e. The molecule has 9 nitrogen and oxygen atoms in total. The second-order valence-electron chi connectivity index (χ2n) is 6.82. The van der Waals surface area contributed by atoms with Crippen molar-refractivity contribution in [3.8, 4) is 0 Å². The first-order chi connectivity index (χ1) is 14.0. The highest BCUT2D eigenvalue weighted by molar-refractivity contribution is 5.92. The van der Waals surface area contributed by atoms with Crippen molar-refractivity contribution in [3.05, 3.63) is 41.7 Å². The molecule has 0 spiro atoms. The maximum absolute atomic E-state index is 12.5. The summed E-state index contributed by atoms with van der Waals surface area (Å²) < 4.78 is 5.32. The van der Waals surface area contributed by atoms with E-state index in [0.29, 0.717) is 35.3 Å². The Morgan fingerprint density at radius 2 is 1.90 bits per heavy atom. The molecule has 3 N–H and O–H groups in total. The fourth-order valence-corrected chi connectivity index (χ4v) is 2.99. The Bertz CT molecular complexity index is 867. The van der Waals surface area contributed by atoms with E-state index in [9.17, 15) is 9.59 Å². The number of rotatable bonds is 7. The van der Waals surface area contributed by atoms with Crippen molar-refractivity contribution < 1.29 is 14.3 Å². The highest BCUT2D eigenvalue weighted by Gasteiger charge is 2.13. The summed E-state index contributed by atoms with van der Waals surface area (Å²) in [5, 5.41) is 8.72. The van der Waals surface area contributed by atoms with Crippen LogP contribution in [0.4, 0.5) is 17.3 Å². The van der Waals surface area contributed by atoms with Gasteiger partial charge in [0.1, 0.15) is 5.69 Å². The van der Waals surface area contributed by atoms with Crippen LogP contribution in [0.3, 0.4) is 0 Å². The Morgan fingerprint density at radius 1 is 1.14 bits per heavy atom. The molecule has 29 heavy (non-hydrogen) atoms. The minimum atomic E-state index is -0.237. The molecule has 2 aromatic rings. The maximum atomic E-state index is 12.5. The van der Waals surface area contributed by atoms with Gasteiger partial charge in [0.25, 0.3) is 5.91 Å². The smallest absolute Gasteiger partial charge is 0.270 e. The second-order valence-corrected chi connectivity index (χ2v) is 6.82. The second kappa shape index (κ2) is 9.94. The number of nitrogens with zero attached hydrogens (tertiary/aromatic N) is 3. The van der Waals surface area contributed by atoms with E-state index in [1.165, 1.54) is 6.92 Å². The number of aromatic nitrogens is 2. The van der Waals surface area contributed by atoms with Crippen LogP contribution in [0.1, 0.15) is 23.1 Å². The van der Waals surface area contributed by atoms with Gasteiger partial charge in [-0.2, -0.15) is 0 Å². The number of amides is 2. The predicted octanol–water partition coefficient (Wildman–Crippen LogP) is 1.55. The van der Waals surface area contributed by atoms with Gasteiger partial charge in [-0.05, 0) is 31.2 Å². The standard InChI is InChI=1S/C20H26N6O3/c1-14-12-18(19(28)21-6-7-26-8-10-29-11-9-26)25-20(22-14)24-17-5-3-4-16(13-17)23-15(2)27/h3-5,12-13H,6-11H2,1-2H3,(H,21,28)(H,23,27)(H,22,24,25). The fourth-order valence-electron chi connectivity index (χ4n) is 2.99. The molecule has 0 radical (unpaired) electrons. The SMILES string of the molecule is CC(=O)Nc1cccc(Nc2nc(C)cc(C(=O)NCCN3CCOCC3)n2)c1. The first-order valence-electron chi connectivity index (χ1n) is 9.58. The lowest BCUT2D eigenvalue weighted by Crippen LogP contribution is -2.41. The van der Waals surface area contributed by atoms with E-state index in [1.807, 2.05) is 19.1 Å². The molecule has 2 heterocycles. The molecule has 1 aliphatic rings. The van der Waals surface area contributed by atoms with E-state index in [1.54, 1.807) is 18.2 Å². The minimum Gasteiger partial charge on any atom is -0.379 e. The molecule has 2 amide bonds. The molecule has 0 aliphatic carbocycles. The van der Waals surface area contributed by atoms with E-state index < -0.39 is 0 Å². The molecule has 0 atom stereocenters. The minimum absolute atomic E-state index is 0.148. The van der Waals surface area contributed by atoms with E-state index in [0.717, 1.165) is 32.8 Å². The summed E-state index contributed by atoms with van der Waals surface area (Å²) in [4.78, 5) is 34.7. The van der Waals surface area contributed by atoms with Crippen LogP contribution in [0.15, 0.2) is 30.3 Å². The first kappa shape index (κ1) is 20.7. The summed E-state index contributed by atoms with van der Waals surface area (Å²) in [6.07, 6.45) is 0. The lowest BCUT2D eigenvalue weighted by molar-refractivity contribution is -0.114. The summed E-state index contributed by atoms with van der Waals surface area (Å²) >= 11 is 0. The molecule has 0 saturated carbocycles. The Hall–Kier alpha value is -3.04. The Labute approximate surface area is 169 Å². The summed E-state index contributed by atoms with van der Waals surface area (Å²) in [6.45, 7) is 7.82. The van der Waals surface area contributed by atoms with Crippen molar-refractivity contribution in [1.29, 1.82) is 0 Å². The van der Waals surface area contributed by atoms with Gasteiger partial charge >= 0.3 is 0 Å². The zero-order valence-electron chi connectivity index (χ0n) is 16.7. The average molecular weight is 398 g/mol. The normalized spacial score (nSPS) is 14.3. The topological polar surface area (TPSA) is 108 Å². The van der Waals surface area contributed by atoms with Crippen LogP contribution in [0.5, 0.6) is 0 Å². The number of anilines is 3. The number of carbonyl (C=O) groups is 2. The number of benzene rings is 1. The van der Waals surface area contributed by atoms with Gasteiger partial charge in [0.05, 0.1) is 13.2 Å². The van der Waals surface area contributed by atoms with Gasteiger partial charge < -0.3 is 20.7 Å². The molecule has 0 bridgehead atoms. The molecule has 3 rings (SSSR count). The quantitative estimate of drug-likeness (QED) is 0.649. The summed E-state index contributed by atoms with van der Waals surface area (Å²) in [5.41, 5.74) is 2.36. The molecular formula is C20H26N6O3. The maximum Gasteiger partial charge on any atom is 0.270 e. The van der Waals surface area contributed by atoms with Gasteiger partial charge in [0.2, 0.25) is 11.9 Å². The van der Waals surface area contributed by atoms with Gasteiger partial charge in [-0.15, -0.1) is 0 Å².